The van der Waals surface area contributed by atoms with Crippen LogP contribution in [0.1, 0.15) is 30.4 Å². The van der Waals surface area contributed by atoms with Gasteiger partial charge in [0.25, 0.3) is 5.92 Å². The summed E-state index contributed by atoms with van der Waals surface area (Å²) in [6, 6.07) is 14.7. The minimum Gasteiger partial charge on any atom is -0.497 e. The number of halogens is 2. The summed E-state index contributed by atoms with van der Waals surface area (Å²) >= 11 is 0. The Morgan fingerprint density at radius 3 is 2.33 bits per heavy atom. The molecule has 1 aliphatic rings. The zero-order valence-electron chi connectivity index (χ0n) is 17.0. The number of carbonyl (C=O) groups is 2. The molecule has 0 aromatic heterocycles. The lowest BCUT2D eigenvalue weighted by Crippen LogP contribution is -2.32. The number of hydrogen-bond acceptors (Lipinski definition) is 3. The molecule has 0 saturated carbocycles. The molecule has 7 heteroatoms. The van der Waals surface area contributed by atoms with Crippen molar-refractivity contribution in [3.8, 4) is 5.75 Å². The first kappa shape index (κ1) is 21.7. The average Bonchev–Trinajstić information content (AvgIpc) is 3.10. The van der Waals surface area contributed by atoms with Gasteiger partial charge in [-0.15, -0.1) is 0 Å². The molecule has 1 fully saturated rings. The smallest absolute Gasteiger partial charge is 0.267 e. The SMILES string of the molecule is COc1ccc(CCCC(=O)Nc2ccc(CC(=O)N3CCC(F)(F)C3)cc2)cc1. The third-order valence-corrected chi connectivity index (χ3v) is 5.14. The van der Waals surface area contributed by atoms with E-state index in [2.05, 4.69) is 5.32 Å². The Balaban J connectivity index is 1.41. The normalized spacial score (nSPS) is 15.1. The third-order valence-electron chi connectivity index (χ3n) is 5.14. The zero-order chi connectivity index (χ0) is 21.6. The fraction of sp³-hybridized carbons (Fsp3) is 0.391. The predicted molar refractivity (Wildman–Crippen MR) is 111 cm³/mol. The lowest BCUT2D eigenvalue weighted by atomic mass is 10.1. The van der Waals surface area contributed by atoms with E-state index in [1.54, 1.807) is 31.4 Å². The molecule has 0 radical (unpaired) electrons. The van der Waals surface area contributed by atoms with Crippen LogP contribution >= 0.6 is 0 Å². The van der Waals surface area contributed by atoms with Crippen molar-refractivity contribution in [2.45, 2.75) is 38.0 Å². The Morgan fingerprint density at radius 1 is 1.07 bits per heavy atom. The molecule has 160 valence electrons. The van der Waals surface area contributed by atoms with Crippen LogP contribution in [-0.4, -0.2) is 42.8 Å². The second kappa shape index (κ2) is 9.69. The standard InChI is InChI=1S/C23H26F2N2O3/c1-30-20-11-7-17(8-12-20)3-2-4-21(28)26-19-9-5-18(6-10-19)15-22(29)27-14-13-23(24,25)16-27/h5-12H,2-4,13-16H2,1H3,(H,26,28). The van der Waals surface area contributed by atoms with Crippen molar-refractivity contribution in [2.75, 3.05) is 25.5 Å². The van der Waals surface area contributed by atoms with Crippen LogP contribution in [0.4, 0.5) is 14.5 Å². The van der Waals surface area contributed by atoms with Crippen molar-refractivity contribution in [1.82, 2.24) is 4.90 Å². The predicted octanol–water partition coefficient (Wildman–Crippen LogP) is 4.07. The molecule has 0 spiro atoms. The van der Waals surface area contributed by atoms with E-state index in [-0.39, 0.29) is 31.2 Å². The maximum atomic E-state index is 13.2. The van der Waals surface area contributed by atoms with Gasteiger partial charge < -0.3 is 15.0 Å². The highest BCUT2D eigenvalue weighted by molar-refractivity contribution is 5.90. The number of alkyl halides is 2. The van der Waals surface area contributed by atoms with E-state index >= 15 is 0 Å². The van der Waals surface area contributed by atoms with E-state index in [4.69, 9.17) is 4.74 Å². The van der Waals surface area contributed by atoms with Gasteiger partial charge >= 0.3 is 0 Å². The number of ether oxygens (including phenoxy) is 1. The summed E-state index contributed by atoms with van der Waals surface area (Å²) in [6.45, 7) is -0.410. The molecule has 2 amide bonds. The highest BCUT2D eigenvalue weighted by atomic mass is 19.3. The minimum atomic E-state index is -2.78. The van der Waals surface area contributed by atoms with Crippen molar-refractivity contribution in [1.29, 1.82) is 0 Å². The highest BCUT2D eigenvalue weighted by Crippen LogP contribution is 2.27. The van der Waals surface area contributed by atoms with Gasteiger partial charge in [-0.3, -0.25) is 9.59 Å². The molecule has 5 nitrogen and oxygen atoms in total. The summed E-state index contributed by atoms with van der Waals surface area (Å²) in [7, 11) is 1.62. The molecular formula is C23H26F2N2O3. The van der Waals surface area contributed by atoms with E-state index in [0.29, 0.717) is 12.1 Å². The first-order valence-electron chi connectivity index (χ1n) is 10.0. The van der Waals surface area contributed by atoms with Crippen LogP contribution in [0.15, 0.2) is 48.5 Å². The van der Waals surface area contributed by atoms with Gasteiger partial charge in [-0.25, -0.2) is 8.78 Å². The third kappa shape index (κ3) is 6.27. The van der Waals surface area contributed by atoms with Crippen LogP contribution < -0.4 is 10.1 Å². The number of amides is 2. The molecule has 1 aliphatic heterocycles. The monoisotopic (exact) mass is 416 g/mol. The topological polar surface area (TPSA) is 58.6 Å². The Morgan fingerprint density at radius 2 is 1.73 bits per heavy atom. The summed E-state index contributed by atoms with van der Waals surface area (Å²) < 4.78 is 31.6. The van der Waals surface area contributed by atoms with E-state index < -0.39 is 12.5 Å². The molecule has 30 heavy (non-hydrogen) atoms. The minimum absolute atomic E-state index is 0.0756. The van der Waals surface area contributed by atoms with Crippen LogP contribution in [0.25, 0.3) is 0 Å². The number of benzene rings is 2. The van der Waals surface area contributed by atoms with E-state index in [1.807, 2.05) is 24.3 Å². The van der Waals surface area contributed by atoms with Gasteiger partial charge in [0.05, 0.1) is 20.1 Å². The largest absolute Gasteiger partial charge is 0.497 e. The molecule has 1 heterocycles. The van der Waals surface area contributed by atoms with Crippen molar-refractivity contribution in [3.05, 3.63) is 59.7 Å². The number of nitrogens with one attached hydrogen (secondary N) is 1. The number of methoxy groups -OCH3 is 1. The quantitative estimate of drug-likeness (QED) is 0.706. The van der Waals surface area contributed by atoms with E-state index in [0.717, 1.165) is 29.7 Å². The van der Waals surface area contributed by atoms with Gasteiger partial charge in [0.1, 0.15) is 5.75 Å². The molecular weight excluding hydrogens is 390 g/mol. The second-order valence-corrected chi connectivity index (χ2v) is 7.54. The number of hydrogen-bond donors (Lipinski definition) is 1. The Kier molecular flexibility index (Phi) is 7.03. The van der Waals surface area contributed by atoms with Crippen LogP contribution in [0.2, 0.25) is 0 Å². The molecule has 0 atom stereocenters. The van der Waals surface area contributed by atoms with Gasteiger partial charge in [-0.2, -0.15) is 0 Å². The summed E-state index contributed by atoms with van der Waals surface area (Å²) in [5.41, 5.74) is 2.52. The molecule has 0 unspecified atom stereocenters. The highest BCUT2D eigenvalue weighted by Gasteiger charge is 2.39. The fourth-order valence-electron chi connectivity index (χ4n) is 3.41. The van der Waals surface area contributed by atoms with Crippen LogP contribution in [0, 0.1) is 0 Å². The van der Waals surface area contributed by atoms with E-state index in [9.17, 15) is 18.4 Å². The van der Waals surface area contributed by atoms with Crippen molar-refractivity contribution in [3.63, 3.8) is 0 Å². The van der Waals surface area contributed by atoms with Crippen molar-refractivity contribution in [2.24, 2.45) is 0 Å². The lowest BCUT2D eigenvalue weighted by molar-refractivity contribution is -0.130. The van der Waals surface area contributed by atoms with Crippen LogP contribution in [0.5, 0.6) is 5.75 Å². The molecule has 2 aromatic carbocycles. The van der Waals surface area contributed by atoms with Crippen LogP contribution in [0.3, 0.4) is 0 Å². The number of rotatable bonds is 8. The number of anilines is 1. The molecule has 0 bridgehead atoms. The first-order chi connectivity index (χ1) is 14.3. The summed E-state index contributed by atoms with van der Waals surface area (Å²) in [6.07, 6.45) is 1.73. The molecule has 2 aromatic rings. The fourth-order valence-corrected chi connectivity index (χ4v) is 3.41. The number of nitrogens with zero attached hydrogens (tertiary/aromatic N) is 1. The van der Waals surface area contributed by atoms with Gasteiger partial charge in [0.2, 0.25) is 11.8 Å². The van der Waals surface area contributed by atoms with Gasteiger partial charge in [-0.1, -0.05) is 24.3 Å². The number of aryl methyl sites for hydroxylation is 1. The Hall–Kier alpha value is -2.96. The number of carbonyl (C=O) groups excluding carboxylic acids is 2. The summed E-state index contributed by atoms with van der Waals surface area (Å²) in [5.74, 6) is -2.36. The van der Waals surface area contributed by atoms with Crippen molar-refractivity contribution < 1.29 is 23.1 Å². The van der Waals surface area contributed by atoms with Crippen LogP contribution in [-0.2, 0) is 22.4 Å². The lowest BCUT2D eigenvalue weighted by Gasteiger charge is -2.16. The Labute approximate surface area is 175 Å². The second-order valence-electron chi connectivity index (χ2n) is 7.54. The van der Waals surface area contributed by atoms with Crippen molar-refractivity contribution >= 4 is 17.5 Å². The Bertz CT molecular complexity index is 867. The average molecular weight is 416 g/mol. The molecule has 1 N–H and O–H groups in total. The maximum Gasteiger partial charge on any atom is 0.267 e. The summed E-state index contributed by atoms with van der Waals surface area (Å²) in [5, 5.41) is 2.84. The zero-order valence-corrected chi connectivity index (χ0v) is 17.0. The van der Waals surface area contributed by atoms with Gasteiger partial charge in [0, 0.05) is 25.1 Å². The first-order valence-corrected chi connectivity index (χ1v) is 10.0. The maximum absolute atomic E-state index is 13.2. The number of likely N-dealkylation sites (tertiary alicyclic amines) is 1. The molecule has 1 saturated heterocycles. The van der Waals surface area contributed by atoms with Gasteiger partial charge in [0.15, 0.2) is 0 Å². The van der Waals surface area contributed by atoms with Gasteiger partial charge in [-0.05, 0) is 48.2 Å². The summed E-state index contributed by atoms with van der Waals surface area (Å²) in [4.78, 5) is 25.5. The molecule has 3 rings (SSSR count). The van der Waals surface area contributed by atoms with E-state index in [1.165, 1.54) is 4.90 Å². The molecule has 0 aliphatic carbocycles.